The predicted molar refractivity (Wildman–Crippen MR) is 139 cm³/mol. The van der Waals surface area contributed by atoms with Crippen LogP contribution in [-0.4, -0.2) is 44.3 Å². The summed E-state index contributed by atoms with van der Waals surface area (Å²) in [6.07, 6.45) is 8.15. The maximum atomic E-state index is 12.1. The van der Waals surface area contributed by atoms with Crippen molar-refractivity contribution in [1.82, 2.24) is 0 Å². The van der Waals surface area contributed by atoms with E-state index in [0.717, 1.165) is 30.6 Å². The van der Waals surface area contributed by atoms with E-state index in [1.165, 1.54) is 6.08 Å². The number of carbonyl (C=O) groups excluding carboxylic acids is 3. The molecule has 8 nitrogen and oxygen atoms in total. The molecule has 0 spiro atoms. The van der Waals surface area contributed by atoms with Crippen molar-refractivity contribution in [2.24, 2.45) is 0 Å². The van der Waals surface area contributed by atoms with Crippen molar-refractivity contribution in [3.05, 3.63) is 85.5 Å². The molecular formula is C29H32O8. The first kappa shape index (κ1) is 28.9. The number of benzene rings is 2. The van der Waals surface area contributed by atoms with Crippen LogP contribution in [0.3, 0.4) is 0 Å². The molecule has 0 atom stereocenters. The molecule has 0 aliphatic carbocycles. The summed E-state index contributed by atoms with van der Waals surface area (Å²) in [4.78, 5) is 34.0. The molecule has 37 heavy (non-hydrogen) atoms. The number of hydrogen-bond donors (Lipinski definition) is 0. The molecule has 0 fully saturated rings. The van der Waals surface area contributed by atoms with Gasteiger partial charge in [-0.3, -0.25) is 0 Å². The molecule has 0 saturated heterocycles. The molecule has 0 heterocycles. The lowest BCUT2D eigenvalue weighted by molar-refractivity contribution is -0.138. The van der Waals surface area contributed by atoms with Gasteiger partial charge in [0.1, 0.15) is 17.2 Å². The molecule has 0 saturated carbocycles. The molecule has 0 N–H and O–H groups in total. The van der Waals surface area contributed by atoms with E-state index < -0.39 is 17.9 Å². The average molecular weight is 509 g/mol. The van der Waals surface area contributed by atoms with Crippen molar-refractivity contribution in [1.29, 1.82) is 0 Å². The molecule has 2 aromatic rings. The fraction of sp³-hybridized carbons (Fsp3) is 0.276. The van der Waals surface area contributed by atoms with E-state index in [9.17, 15) is 14.4 Å². The van der Waals surface area contributed by atoms with Crippen LogP contribution in [0.1, 0.15) is 31.2 Å². The number of unbranched alkanes of at least 4 members (excludes halogenated alkanes) is 2. The van der Waals surface area contributed by atoms with Crippen LogP contribution in [0.2, 0.25) is 0 Å². The molecule has 2 aromatic carbocycles. The van der Waals surface area contributed by atoms with Crippen molar-refractivity contribution < 1.29 is 38.1 Å². The fourth-order valence-electron chi connectivity index (χ4n) is 2.85. The van der Waals surface area contributed by atoms with E-state index >= 15 is 0 Å². The Bertz CT molecular complexity index is 1040. The summed E-state index contributed by atoms with van der Waals surface area (Å²) in [5, 5.41) is 0. The number of carbonyl (C=O) groups is 3. The molecule has 0 unspecified atom stereocenters. The maximum absolute atomic E-state index is 12.1. The lowest BCUT2D eigenvalue weighted by Gasteiger charge is -2.07. The quantitative estimate of drug-likeness (QED) is 0.126. The maximum Gasteiger partial charge on any atom is 0.336 e. The Balaban J connectivity index is 1.64. The second kappa shape index (κ2) is 17.2. The molecule has 8 heteroatoms. The standard InChI is InChI=1S/C29H32O8/c1-3-27(30)35-21-7-5-19-33-24-12-9-23(10-13-24)11-18-29(32)37-26-16-14-25(15-17-26)34-20-6-8-22-36-28(31)4-2/h3-4,9-18H,1-2,5-8,19-22H2/b18-11+. The summed E-state index contributed by atoms with van der Waals surface area (Å²) >= 11 is 0. The van der Waals surface area contributed by atoms with E-state index in [1.54, 1.807) is 30.3 Å². The lowest BCUT2D eigenvalue weighted by Crippen LogP contribution is -2.05. The van der Waals surface area contributed by atoms with Crippen molar-refractivity contribution in [2.75, 3.05) is 26.4 Å². The first-order valence-corrected chi connectivity index (χ1v) is 11.9. The number of esters is 3. The highest BCUT2D eigenvalue weighted by Crippen LogP contribution is 2.19. The zero-order valence-electron chi connectivity index (χ0n) is 20.8. The number of ether oxygens (including phenoxy) is 5. The van der Waals surface area contributed by atoms with E-state index in [4.69, 9.17) is 23.7 Å². The van der Waals surface area contributed by atoms with E-state index in [2.05, 4.69) is 13.2 Å². The average Bonchev–Trinajstić information content (AvgIpc) is 2.92. The van der Waals surface area contributed by atoms with E-state index in [-0.39, 0.29) is 0 Å². The zero-order chi connectivity index (χ0) is 26.7. The monoisotopic (exact) mass is 508 g/mol. The van der Waals surface area contributed by atoms with Gasteiger partial charge < -0.3 is 23.7 Å². The summed E-state index contributed by atoms with van der Waals surface area (Å²) in [6.45, 7) is 8.32. The minimum atomic E-state index is -0.500. The Morgan fingerprint density at radius 1 is 0.595 bits per heavy atom. The van der Waals surface area contributed by atoms with Gasteiger partial charge in [0.05, 0.1) is 26.4 Å². The van der Waals surface area contributed by atoms with Crippen molar-refractivity contribution >= 4 is 24.0 Å². The Kier molecular flexibility index (Phi) is 13.4. The van der Waals surface area contributed by atoms with Gasteiger partial charge in [-0.25, -0.2) is 14.4 Å². The molecule has 0 radical (unpaired) electrons. The Morgan fingerprint density at radius 2 is 1.03 bits per heavy atom. The highest BCUT2D eigenvalue weighted by molar-refractivity contribution is 5.88. The Hall–Kier alpha value is -4.33. The fourth-order valence-corrected chi connectivity index (χ4v) is 2.85. The van der Waals surface area contributed by atoms with Crippen LogP contribution < -0.4 is 14.2 Å². The molecule has 0 aliphatic heterocycles. The first-order chi connectivity index (χ1) is 18.0. The highest BCUT2D eigenvalue weighted by atomic mass is 16.5. The van der Waals surface area contributed by atoms with Gasteiger partial charge in [-0.05, 0) is 73.7 Å². The Morgan fingerprint density at radius 3 is 1.51 bits per heavy atom. The van der Waals surface area contributed by atoms with E-state index in [0.29, 0.717) is 56.5 Å². The van der Waals surface area contributed by atoms with Gasteiger partial charge in [-0.2, -0.15) is 0 Å². The number of hydrogen-bond acceptors (Lipinski definition) is 8. The van der Waals surface area contributed by atoms with Crippen molar-refractivity contribution in [3.63, 3.8) is 0 Å². The highest BCUT2D eigenvalue weighted by Gasteiger charge is 2.03. The third-order valence-corrected chi connectivity index (χ3v) is 4.77. The summed E-state index contributed by atoms with van der Waals surface area (Å²) in [5.74, 6) is 0.407. The van der Waals surface area contributed by atoms with Gasteiger partial charge in [0, 0.05) is 18.2 Å². The molecule has 0 aliphatic rings. The second-order valence-electron chi connectivity index (χ2n) is 7.65. The molecule has 196 valence electrons. The summed E-state index contributed by atoms with van der Waals surface area (Å²) in [6, 6.07) is 14.0. The van der Waals surface area contributed by atoms with Gasteiger partial charge in [0.15, 0.2) is 0 Å². The third-order valence-electron chi connectivity index (χ3n) is 4.77. The SMILES string of the molecule is C=CC(=O)OCCCCOc1ccc(/C=C/C(=O)Oc2ccc(OCCCCOC(=O)C=C)cc2)cc1. The molecular weight excluding hydrogens is 476 g/mol. The topological polar surface area (TPSA) is 97.4 Å². The van der Waals surface area contributed by atoms with Crippen LogP contribution in [-0.2, 0) is 23.9 Å². The molecule has 0 aromatic heterocycles. The molecule has 2 rings (SSSR count). The van der Waals surface area contributed by atoms with Crippen LogP contribution in [0.4, 0.5) is 0 Å². The van der Waals surface area contributed by atoms with Crippen LogP contribution in [0, 0.1) is 0 Å². The van der Waals surface area contributed by atoms with Crippen LogP contribution in [0.15, 0.2) is 79.9 Å². The van der Waals surface area contributed by atoms with Gasteiger partial charge in [-0.15, -0.1) is 0 Å². The smallest absolute Gasteiger partial charge is 0.336 e. The minimum Gasteiger partial charge on any atom is -0.494 e. The van der Waals surface area contributed by atoms with Gasteiger partial charge in [0.25, 0.3) is 0 Å². The normalized spacial score (nSPS) is 10.4. The Labute approximate surface area is 217 Å². The minimum absolute atomic E-state index is 0.326. The first-order valence-electron chi connectivity index (χ1n) is 11.9. The van der Waals surface area contributed by atoms with Crippen LogP contribution >= 0.6 is 0 Å². The van der Waals surface area contributed by atoms with Crippen LogP contribution in [0.5, 0.6) is 17.2 Å². The van der Waals surface area contributed by atoms with E-state index in [1.807, 2.05) is 24.3 Å². The summed E-state index contributed by atoms with van der Waals surface area (Å²) in [7, 11) is 0. The lowest BCUT2D eigenvalue weighted by atomic mass is 10.2. The van der Waals surface area contributed by atoms with Crippen molar-refractivity contribution in [3.8, 4) is 17.2 Å². The van der Waals surface area contributed by atoms with Crippen molar-refractivity contribution in [2.45, 2.75) is 25.7 Å². The van der Waals surface area contributed by atoms with Gasteiger partial charge in [0.2, 0.25) is 0 Å². The van der Waals surface area contributed by atoms with Gasteiger partial charge in [-0.1, -0.05) is 25.3 Å². The molecule has 0 amide bonds. The second-order valence-corrected chi connectivity index (χ2v) is 7.65. The third kappa shape index (κ3) is 12.8. The predicted octanol–water partition coefficient (Wildman–Crippen LogP) is 5.08. The largest absolute Gasteiger partial charge is 0.494 e. The number of rotatable bonds is 17. The summed E-state index contributed by atoms with van der Waals surface area (Å²) in [5.41, 5.74) is 0.823. The van der Waals surface area contributed by atoms with Crippen LogP contribution in [0.25, 0.3) is 6.08 Å². The van der Waals surface area contributed by atoms with Gasteiger partial charge >= 0.3 is 17.9 Å². The summed E-state index contributed by atoms with van der Waals surface area (Å²) < 4.78 is 26.4. The molecule has 0 bridgehead atoms. The zero-order valence-corrected chi connectivity index (χ0v) is 20.8.